The van der Waals surface area contributed by atoms with E-state index in [1.807, 2.05) is 12.4 Å². The lowest BCUT2D eigenvalue weighted by atomic mass is 10.0. The first kappa shape index (κ1) is 10.1. The van der Waals surface area contributed by atoms with Crippen LogP contribution in [0, 0.1) is 0 Å². The second kappa shape index (κ2) is 4.89. The molecule has 14 heavy (non-hydrogen) atoms. The summed E-state index contributed by atoms with van der Waals surface area (Å²) in [6.07, 6.45) is 8.97. The highest BCUT2D eigenvalue weighted by Gasteiger charge is 2.15. The molecule has 0 aromatic carbocycles. The highest BCUT2D eigenvalue weighted by molar-refractivity contribution is 9.10. The van der Waals surface area contributed by atoms with E-state index in [1.54, 1.807) is 0 Å². The van der Waals surface area contributed by atoms with Crippen molar-refractivity contribution < 1.29 is 0 Å². The first-order valence-electron chi connectivity index (χ1n) is 5.21. The van der Waals surface area contributed by atoms with Gasteiger partial charge in [-0.25, -0.2) is 0 Å². The van der Waals surface area contributed by atoms with Gasteiger partial charge in [-0.3, -0.25) is 4.98 Å². The zero-order valence-corrected chi connectivity index (χ0v) is 9.76. The van der Waals surface area contributed by atoms with Crippen molar-refractivity contribution >= 4 is 15.9 Å². The second-order valence-electron chi connectivity index (χ2n) is 3.75. The molecule has 2 rings (SSSR count). The average molecular weight is 255 g/mol. The molecule has 1 saturated heterocycles. The van der Waals surface area contributed by atoms with Crippen molar-refractivity contribution in [1.82, 2.24) is 10.3 Å². The number of hydrogen-bond donors (Lipinski definition) is 1. The predicted octanol–water partition coefficient (Wildman–Crippen LogP) is 3.05. The van der Waals surface area contributed by atoms with E-state index >= 15 is 0 Å². The Hall–Kier alpha value is -0.410. The molecule has 1 aromatic rings. The highest BCUT2D eigenvalue weighted by Crippen LogP contribution is 2.27. The van der Waals surface area contributed by atoms with Gasteiger partial charge in [-0.05, 0) is 46.9 Å². The van der Waals surface area contributed by atoms with E-state index in [2.05, 4.69) is 32.3 Å². The standard InChI is InChI=1S/C11H15BrN2/c12-10-8-13-7-5-9(10)11-4-2-1-3-6-14-11/h5,7-8,11,14H,1-4,6H2. The Kier molecular flexibility index (Phi) is 3.54. The topological polar surface area (TPSA) is 24.9 Å². The Balaban J connectivity index is 2.16. The molecule has 3 heteroatoms. The van der Waals surface area contributed by atoms with Gasteiger partial charge >= 0.3 is 0 Å². The molecule has 76 valence electrons. The fraction of sp³-hybridized carbons (Fsp3) is 0.545. The maximum absolute atomic E-state index is 4.09. The summed E-state index contributed by atoms with van der Waals surface area (Å²) in [5.74, 6) is 0. The molecule has 1 aromatic heterocycles. The van der Waals surface area contributed by atoms with Crippen LogP contribution in [0.15, 0.2) is 22.9 Å². The molecule has 0 aliphatic carbocycles. The summed E-state index contributed by atoms with van der Waals surface area (Å²) in [6.45, 7) is 1.14. The second-order valence-corrected chi connectivity index (χ2v) is 4.61. The van der Waals surface area contributed by atoms with Crippen molar-refractivity contribution in [3.8, 4) is 0 Å². The molecular weight excluding hydrogens is 240 g/mol. The average Bonchev–Trinajstić information content (AvgIpc) is 2.47. The Bertz CT molecular complexity index is 293. The van der Waals surface area contributed by atoms with Crippen LogP contribution in [0.4, 0.5) is 0 Å². The molecule has 0 radical (unpaired) electrons. The lowest BCUT2D eigenvalue weighted by Gasteiger charge is -2.17. The van der Waals surface area contributed by atoms with Crippen LogP contribution in [0.2, 0.25) is 0 Å². The molecule has 0 amide bonds. The Morgan fingerprint density at radius 1 is 1.36 bits per heavy atom. The molecule has 1 N–H and O–H groups in total. The maximum atomic E-state index is 4.09. The number of nitrogens with zero attached hydrogens (tertiary/aromatic N) is 1. The number of nitrogens with one attached hydrogen (secondary N) is 1. The van der Waals surface area contributed by atoms with Crippen LogP contribution in [0.1, 0.15) is 37.3 Å². The summed E-state index contributed by atoms with van der Waals surface area (Å²) in [4.78, 5) is 4.09. The third-order valence-electron chi connectivity index (χ3n) is 2.74. The van der Waals surface area contributed by atoms with Crippen molar-refractivity contribution in [2.45, 2.75) is 31.7 Å². The molecule has 1 fully saturated rings. The SMILES string of the molecule is Brc1cnccc1C1CCCCCN1. The van der Waals surface area contributed by atoms with Crippen molar-refractivity contribution in [2.24, 2.45) is 0 Å². The van der Waals surface area contributed by atoms with E-state index in [1.165, 1.54) is 31.2 Å². The molecule has 2 heterocycles. The molecule has 0 bridgehead atoms. The van der Waals surface area contributed by atoms with Gasteiger partial charge in [-0.2, -0.15) is 0 Å². The van der Waals surface area contributed by atoms with Crippen molar-refractivity contribution in [2.75, 3.05) is 6.54 Å². The van der Waals surface area contributed by atoms with Gasteiger partial charge in [0.15, 0.2) is 0 Å². The van der Waals surface area contributed by atoms with Gasteiger partial charge in [0.2, 0.25) is 0 Å². The summed E-state index contributed by atoms with van der Waals surface area (Å²) in [5.41, 5.74) is 1.35. The lowest BCUT2D eigenvalue weighted by molar-refractivity contribution is 0.532. The third kappa shape index (κ3) is 2.34. The van der Waals surface area contributed by atoms with Crippen molar-refractivity contribution in [3.63, 3.8) is 0 Å². The number of hydrogen-bond acceptors (Lipinski definition) is 2. The normalized spacial score (nSPS) is 23.1. The van der Waals surface area contributed by atoms with Crippen LogP contribution in [0.3, 0.4) is 0 Å². The number of halogens is 1. The Morgan fingerprint density at radius 3 is 3.14 bits per heavy atom. The van der Waals surface area contributed by atoms with Gasteiger partial charge in [0.1, 0.15) is 0 Å². The highest BCUT2D eigenvalue weighted by atomic mass is 79.9. The van der Waals surface area contributed by atoms with Crippen LogP contribution in [0.25, 0.3) is 0 Å². The van der Waals surface area contributed by atoms with Gasteiger partial charge in [0.25, 0.3) is 0 Å². The zero-order valence-electron chi connectivity index (χ0n) is 8.17. The minimum Gasteiger partial charge on any atom is -0.310 e. The summed E-state index contributed by atoms with van der Waals surface area (Å²) < 4.78 is 1.12. The summed E-state index contributed by atoms with van der Waals surface area (Å²) in [6, 6.07) is 2.61. The number of rotatable bonds is 1. The van der Waals surface area contributed by atoms with E-state index in [0.717, 1.165) is 11.0 Å². The quantitative estimate of drug-likeness (QED) is 0.834. The van der Waals surface area contributed by atoms with Gasteiger partial charge in [0, 0.05) is 22.9 Å². The van der Waals surface area contributed by atoms with E-state index in [4.69, 9.17) is 0 Å². The molecule has 1 aliphatic heterocycles. The Labute approximate surface area is 93.3 Å². The Morgan fingerprint density at radius 2 is 2.29 bits per heavy atom. The van der Waals surface area contributed by atoms with Crippen LogP contribution in [-0.2, 0) is 0 Å². The van der Waals surface area contributed by atoms with Gasteiger partial charge in [0.05, 0.1) is 0 Å². The van der Waals surface area contributed by atoms with Gasteiger partial charge < -0.3 is 5.32 Å². The van der Waals surface area contributed by atoms with Crippen LogP contribution in [-0.4, -0.2) is 11.5 Å². The van der Waals surface area contributed by atoms with E-state index in [0.29, 0.717) is 6.04 Å². The van der Waals surface area contributed by atoms with E-state index in [-0.39, 0.29) is 0 Å². The molecule has 1 atom stereocenters. The monoisotopic (exact) mass is 254 g/mol. The van der Waals surface area contributed by atoms with Gasteiger partial charge in [-0.15, -0.1) is 0 Å². The molecule has 0 spiro atoms. The predicted molar refractivity (Wildman–Crippen MR) is 61.1 cm³/mol. The smallest absolute Gasteiger partial charge is 0.0413 e. The molecule has 2 nitrogen and oxygen atoms in total. The first-order valence-corrected chi connectivity index (χ1v) is 6.00. The fourth-order valence-corrected chi connectivity index (χ4v) is 2.49. The van der Waals surface area contributed by atoms with Crippen LogP contribution >= 0.6 is 15.9 Å². The first-order chi connectivity index (χ1) is 6.88. The largest absolute Gasteiger partial charge is 0.310 e. The molecular formula is C11H15BrN2. The molecule has 0 saturated carbocycles. The number of aromatic nitrogens is 1. The van der Waals surface area contributed by atoms with Crippen molar-refractivity contribution in [1.29, 1.82) is 0 Å². The van der Waals surface area contributed by atoms with Crippen molar-refractivity contribution in [3.05, 3.63) is 28.5 Å². The lowest BCUT2D eigenvalue weighted by Crippen LogP contribution is -2.20. The summed E-state index contributed by atoms with van der Waals surface area (Å²) >= 11 is 3.55. The van der Waals surface area contributed by atoms with E-state index < -0.39 is 0 Å². The molecule has 1 unspecified atom stereocenters. The maximum Gasteiger partial charge on any atom is 0.0413 e. The fourth-order valence-electron chi connectivity index (χ4n) is 1.96. The van der Waals surface area contributed by atoms with Gasteiger partial charge in [-0.1, -0.05) is 12.8 Å². The van der Waals surface area contributed by atoms with Crippen LogP contribution in [0.5, 0.6) is 0 Å². The third-order valence-corrected chi connectivity index (χ3v) is 3.40. The minimum absolute atomic E-state index is 0.509. The number of pyridine rings is 1. The summed E-state index contributed by atoms with van der Waals surface area (Å²) in [5, 5.41) is 3.58. The molecule has 1 aliphatic rings. The summed E-state index contributed by atoms with van der Waals surface area (Å²) in [7, 11) is 0. The van der Waals surface area contributed by atoms with Crippen LogP contribution < -0.4 is 5.32 Å². The minimum atomic E-state index is 0.509. The zero-order chi connectivity index (χ0) is 9.80. The van der Waals surface area contributed by atoms with E-state index in [9.17, 15) is 0 Å².